The number of nitrogens with one attached hydrogen (secondary N) is 2. The van der Waals surface area contributed by atoms with Crippen LogP contribution in [0.3, 0.4) is 0 Å². The molecular formula is C28H38ClN5O3. The number of carbonyl (C=O) groups is 2. The van der Waals surface area contributed by atoms with Crippen molar-refractivity contribution in [1.82, 2.24) is 15.1 Å². The van der Waals surface area contributed by atoms with Gasteiger partial charge in [0.15, 0.2) is 0 Å². The van der Waals surface area contributed by atoms with Crippen LogP contribution in [0, 0.1) is 11.8 Å². The number of hydrogen-bond acceptors (Lipinski definition) is 6. The first kappa shape index (κ1) is 27.0. The Labute approximate surface area is 224 Å². The average Bonchev–Trinajstić information content (AvgIpc) is 2.98. The van der Waals surface area contributed by atoms with Gasteiger partial charge < -0.3 is 25.2 Å². The number of aliphatic imine (C=N–C) groups is 1. The zero-order valence-corrected chi connectivity index (χ0v) is 23.1. The van der Waals surface area contributed by atoms with Crippen LogP contribution in [0.2, 0.25) is 5.02 Å². The third-order valence-corrected chi connectivity index (χ3v) is 6.80. The largest absolute Gasteiger partial charge is 0.444 e. The summed E-state index contributed by atoms with van der Waals surface area (Å²) in [6, 6.07) is 5.18. The van der Waals surface area contributed by atoms with Crippen molar-refractivity contribution in [3.05, 3.63) is 47.5 Å². The molecule has 8 nitrogen and oxygen atoms in total. The zero-order valence-electron chi connectivity index (χ0n) is 22.3. The number of rotatable bonds is 4. The summed E-state index contributed by atoms with van der Waals surface area (Å²) in [4.78, 5) is 35.1. The first-order chi connectivity index (χ1) is 17.5. The first-order valence-electron chi connectivity index (χ1n) is 13.0. The van der Waals surface area contributed by atoms with Crippen molar-refractivity contribution in [3.63, 3.8) is 0 Å². The number of halogens is 1. The predicted molar refractivity (Wildman–Crippen MR) is 148 cm³/mol. The summed E-state index contributed by atoms with van der Waals surface area (Å²) in [7, 11) is 0. The highest BCUT2D eigenvalue weighted by Crippen LogP contribution is 2.35. The van der Waals surface area contributed by atoms with Gasteiger partial charge in [0, 0.05) is 31.2 Å². The van der Waals surface area contributed by atoms with Gasteiger partial charge in [-0.3, -0.25) is 4.79 Å². The van der Waals surface area contributed by atoms with Crippen molar-refractivity contribution in [2.24, 2.45) is 16.8 Å². The Bertz CT molecular complexity index is 1100. The lowest BCUT2D eigenvalue weighted by atomic mass is 9.93. The van der Waals surface area contributed by atoms with Crippen LogP contribution < -0.4 is 10.6 Å². The van der Waals surface area contributed by atoms with E-state index in [1.54, 1.807) is 0 Å². The Balaban J connectivity index is 1.48. The number of allylic oxidation sites excluding steroid dienone is 2. The Morgan fingerprint density at radius 3 is 2.54 bits per heavy atom. The lowest BCUT2D eigenvalue weighted by molar-refractivity contribution is -0.135. The molecule has 0 radical (unpaired) electrons. The number of amidine groups is 1. The summed E-state index contributed by atoms with van der Waals surface area (Å²) in [5.74, 6) is 1.21. The summed E-state index contributed by atoms with van der Waals surface area (Å²) >= 11 is 6.29. The number of piperazine rings is 1. The third-order valence-electron chi connectivity index (χ3n) is 6.56. The molecule has 1 fully saturated rings. The van der Waals surface area contributed by atoms with Gasteiger partial charge in [0.1, 0.15) is 17.5 Å². The SMILES string of the molecule is CC(C)C[C@H](NC(=O)OC(C)(C)C)C(=O)N1CCN(C2=Nc3cc(Cl)ccc3NC3C=CC=CC23)CC1. The highest BCUT2D eigenvalue weighted by Gasteiger charge is 2.35. The molecule has 3 aliphatic rings. The van der Waals surface area contributed by atoms with Gasteiger partial charge in [-0.2, -0.15) is 0 Å². The summed E-state index contributed by atoms with van der Waals surface area (Å²) in [5, 5.41) is 7.05. The van der Waals surface area contributed by atoms with Crippen LogP contribution in [-0.2, 0) is 9.53 Å². The normalized spacial score (nSPS) is 21.9. The minimum absolute atomic E-state index is 0.0702. The lowest BCUT2D eigenvalue weighted by Gasteiger charge is -2.40. The smallest absolute Gasteiger partial charge is 0.408 e. The van der Waals surface area contributed by atoms with Gasteiger partial charge in [0.05, 0.1) is 23.3 Å². The quantitative estimate of drug-likeness (QED) is 0.576. The van der Waals surface area contributed by atoms with E-state index in [0.717, 1.165) is 17.2 Å². The molecule has 4 rings (SSSR count). The summed E-state index contributed by atoms with van der Waals surface area (Å²) in [6.07, 6.45) is 8.42. The van der Waals surface area contributed by atoms with E-state index >= 15 is 0 Å². The van der Waals surface area contributed by atoms with E-state index < -0.39 is 17.7 Å². The second-order valence-electron chi connectivity index (χ2n) is 11.2. The second-order valence-corrected chi connectivity index (χ2v) is 11.7. The molecule has 0 saturated carbocycles. The Morgan fingerprint density at radius 1 is 1.16 bits per heavy atom. The molecule has 200 valence electrons. The molecule has 0 spiro atoms. The van der Waals surface area contributed by atoms with Gasteiger partial charge >= 0.3 is 6.09 Å². The molecule has 9 heteroatoms. The standard InChI is InChI=1S/C28H38ClN5O3/c1-18(2)16-24(32-27(36)37-28(3,4)5)26(35)34-14-12-33(13-15-34)25-20-8-6-7-9-21(20)30-22-11-10-19(29)17-23(22)31-25/h6-11,17-18,20-21,24,30H,12-16H2,1-5H3,(H,32,36)/t20?,21?,24-/m0/s1. The molecule has 2 heterocycles. The molecular weight excluding hydrogens is 490 g/mol. The van der Waals surface area contributed by atoms with E-state index in [1.807, 2.05) is 57.7 Å². The van der Waals surface area contributed by atoms with Gasteiger partial charge in [-0.05, 0) is 51.3 Å². The predicted octanol–water partition coefficient (Wildman–Crippen LogP) is 4.99. The highest BCUT2D eigenvalue weighted by atomic mass is 35.5. The number of anilines is 1. The van der Waals surface area contributed by atoms with Crippen molar-refractivity contribution >= 4 is 40.8 Å². The summed E-state index contributed by atoms with van der Waals surface area (Å²) in [5.41, 5.74) is 1.14. The average molecular weight is 528 g/mol. The van der Waals surface area contributed by atoms with Gasteiger partial charge in [0.2, 0.25) is 5.91 Å². The summed E-state index contributed by atoms with van der Waals surface area (Å²) in [6.45, 7) is 11.9. The highest BCUT2D eigenvalue weighted by molar-refractivity contribution is 6.31. The minimum atomic E-state index is -0.626. The van der Waals surface area contributed by atoms with Crippen molar-refractivity contribution in [2.75, 3.05) is 31.5 Å². The molecule has 2 N–H and O–H groups in total. The van der Waals surface area contributed by atoms with Crippen LogP contribution in [0.15, 0.2) is 47.5 Å². The number of benzene rings is 1. The molecule has 0 bridgehead atoms. The van der Waals surface area contributed by atoms with E-state index in [1.165, 1.54) is 0 Å². The lowest BCUT2D eigenvalue weighted by Crippen LogP contribution is -2.57. The number of fused-ring (bicyclic) bond motifs is 2. The molecule has 1 aromatic rings. The van der Waals surface area contributed by atoms with Crippen molar-refractivity contribution in [2.45, 2.75) is 58.7 Å². The number of hydrogen-bond donors (Lipinski definition) is 2. The van der Waals surface area contributed by atoms with E-state index in [0.29, 0.717) is 37.6 Å². The molecule has 1 aliphatic carbocycles. The molecule has 37 heavy (non-hydrogen) atoms. The molecule has 1 saturated heterocycles. The van der Waals surface area contributed by atoms with E-state index in [4.69, 9.17) is 21.3 Å². The van der Waals surface area contributed by atoms with Gasteiger partial charge in [-0.25, -0.2) is 9.79 Å². The van der Waals surface area contributed by atoms with E-state index in [2.05, 4.69) is 39.8 Å². The Morgan fingerprint density at radius 2 is 1.86 bits per heavy atom. The molecule has 2 aliphatic heterocycles. The number of amides is 2. The van der Waals surface area contributed by atoms with Crippen molar-refractivity contribution in [3.8, 4) is 0 Å². The number of nitrogens with zero attached hydrogens (tertiary/aromatic N) is 3. The molecule has 0 aromatic heterocycles. The maximum Gasteiger partial charge on any atom is 0.408 e. The van der Waals surface area contributed by atoms with Crippen molar-refractivity contribution in [1.29, 1.82) is 0 Å². The number of alkyl carbamates (subject to hydrolysis) is 1. The van der Waals surface area contributed by atoms with Crippen LogP contribution in [0.4, 0.5) is 16.2 Å². The third kappa shape index (κ3) is 6.86. The minimum Gasteiger partial charge on any atom is -0.444 e. The number of ether oxygens (including phenoxy) is 1. The fourth-order valence-corrected chi connectivity index (χ4v) is 5.06. The van der Waals surface area contributed by atoms with Crippen LogP contribution in [-0.4, -0.2) is 71.5 Å². The second kappa shape index (κ2) is 11.2. The van der Waals surface area contributed by atoms with Crippen LogP contribution in [0.5, 0.6) is 0 Å². The number of carbonyl (C=O) groups excluding carboxylic acids is 2. The Kier molecular flexibility index (Phi) is 8.17. The van der Waals surface area contributed by atoms with E-state index in [-0.39, 0.29) is 23.8 Å². The topological polar surface area (TPSA) is 86.3 Å². The van der Waals surface area contributed by atoms with Crippen molar-refractivity contribution < 1.29 is 14.3 Å². The Hall–Kier alpha value is -3.00. The van der Waals surface area contributed by atoms with Crippen LogP contribution >= 0.6 is 11.6 Å². The van der Waals surface area contributed by atoms with Gasteiger partial charge in [-0.1, -0.05) is 49.8 Å². The molecule has 2 unspecified atom stereocenters. The first-order valence-corrected chi connectivity index (χ1v) is 13.4. The van der Waals surface area contributed by atoms with Gasteiger partial charge in [0.25, 0.3) is 0 Å². The summed E-state index contributed by atoms with van der Waals surface area (Å²) < 4.78 is 5.41. The molecule has 3 atom stereocenters. The monoisotopic (exact) mass is 527 g/mol. The zero-order chi connectivity index (χ0) is 26.7. The van der Waals surface area contributed by atoms with Crippen LogP contribution in [0.1, 0.15) is 41.0 Å². The van der Waals surface area contributed by atoms with E-state index in [9.17, 15) is 9.59 Å². The van der Waals surface area contributed by atoms with Gasteiger partial charge in [-0.15, -0.1) is 0 Å². The molecule has 1 aromatic carbocycles. The molecule has 2 amide bonds. The fraction of sp³-hybridized carbons (Fsp3) is 0.536. The fourth-order valence-electron chi connectivity index (χ4n) is 4.89. The van der Waals surface area contributed by atoms with Crippen LogP contribution in [0.25, 0.3) is 0 Å². The maximum absolute atomic E-state index is 13.5. The maximum atomic E-state index is 13.5.